The van der Waals surface area contributed by atoms with E-state index in [1.165, 1.54) is 5.69 Å². The lowest BCUT2D eigenvalue weighted by atomic mass is 10.2. The standard InChI is InChI=1S/C16H17ClN4/c1-19-7-9-20(10-8-19)13-3-2-4-14-16(13)18-11-15-12(17)5-6-21(14)15/h2-6,11H,7-10H2,1H3. The van der Waals surface area contributed by atoms with Crippen molar-refractivity contribution in [3.63, 3.8) is 0 Å². The van der Waals surface area contributed by atoms with E-state index in [1.807, 2.05) is 18.5 Å². The van der Waals surface area contributed by atoms with Crippen molar-refractivity contribution in [1.29, 1.82) is 0 Å². The average Bonchev–Trinajstić information content (AvgIpc) is 2.89. The van der Waals surface area contributed by atoms with Crippen molar-refractivity contribution in [1.82, 2.24) is 14.3 Å². The summed E-state index contributed by atoms with van der Waals surface area (Å²) in [6, 6.07) is 8.29. The number of hydrogen-bond donors (Lipinski definition) is 0. The van der Waals surface area contributed by atoms with Gasteiger partial charge < -0.3 is 14.2 Å². The van der Waals surface area contributed by atoms with E-state index in [0.717, 1.165) is 47.8 Å². The van der Waals surface area contributed by atoms with E-state index in [9.17, 15) is 0 Å². The molecule has 0 aliphatic carbocycles. The van der Waals surface area contributed by atoms with Gasteiger partial charge in [0.15, 0.2) is 0 Å². The summed E-state index contributed by atoms with van der Waals surface area (Å²) in [5, 5.41) is 0.745. The number of para-hydroxylation sites is 1. The summed E-state index contributed by atoms with van der Waals surface area (Å²) in [4.78, 5) is 9.46. The van der Waals surface area contributed by atoms with E-state index in [2.05, 4.69) is 44.4 Å². The zero-order valence-corrected chi connectivity index (χ0v) is 12.7. The maximum Gasteiger partial charge on any atom is 0.110 e. The minimum Gasteiger partial charge on any atom is -0.367 e. The molecule has 2 aromatic heterocycles. The lowest BCUT2D eigenvalue weighted by Crippen LogP contribution is -2.44. The van der Waals surface area contributed by atoms with E-state index < -0.39 is 0 Å². The Labute approximate surface area is 128 Å². The van der Waals surface area contributed by atoms with Crippen LogP contribution < -0.4 is 4.90 Å². The normalized spacial score (nSPS) is 17.0. The predicted octanol–water partition coefficient (Wildman–Crippen LogP) is 2.89. The van der Waals surface area contributed by atoms with Crippen LogP contribution in [0.25, 0.3) is 16.6 Å². The number of anilines is 1. The molecule has 4 nitrogen and oxygen atoms in total. The highest BCUT2D eigenvalue weighted by molar-refractivity contribution is 6.34. The Balaban J connectivity index is 1.88. The summed E-state index contributed by atoms with van der Waals surface area (Å²) >= 11 is 6.20. The second-order valence-electron chi connectivity index (χ2n) is 5.61. The van der Waals surface area contributed by atoms with Crippen LogP contribution in [0.5, 0.6) is 0 Å². The van der Waals surface area contributed by atoms with Crippen molar-refractivity contribution >= 4 is 33.8 Å². The van der Waals surface area contributed by atoms with E-state index >= 15 is 0 Å². The first-order valence-electron chi connectivity index (χ1n) is 7.22. The van der Waals surface area contributed by atoms with Gasteiger partial charge in [-0.05, 0) is 25.2 Å². The summed E-state index contributed by atoms with van der Waals surface area (Å²) in [7, 11) is 2.17. The van der Waals surface area contributed by atoms with Gasteiger partial charge in [0.2, 0.25) is 0 Å². The van der Waals surface area contributed by atoms with E-state index in [-0.39, 0.29) is 0 Å². The number of nitrogens with zero attached hydrogens (tertiary/aromatic N) is 4. The van der Waals surface area contributed by atoms with Crippen molar-refractivity contribution in [2.24, 2.45) is 0 Å². The molecular formula is C16H17ClN4. The molecular weight excluding hydrogens is 284 g/mol. The van der Waals surface area contributed by atoms with Gasteiger partial charge in [0.25, 0.3) is 0 Å². The molecule has 0 radical (unpaired) electrons. The summed E-state index contributed by atoms with van der Waals surface area (Å²) in [6.07, 6.45) is 3.87. The van der Waals surface area contributed by atoms with Crippen molar-refractivity contribution in [2.45, 2.75) is 0 Å². The molecule has 0 bridgehead atoms. The van der Waals surface area contributed by atoms with Gasteiger partial charge in [0.1, 0.15) is 5.52 Å². The number of fused-ring (bicyclic) bond motifs is 3. The molecule has 0 spiro atoms. The molecule has 3 aromatic rings. The van der Waals surface area contributed by atoms with E-state index in [1.54, 1.807) is 0 Å². The van der Waals surface area contributed by atoms with Gasteiger partial charge in [0, 0.05) is 32.4 Å². The van der Waals surface area contributed by atoms with Gasteiger partial charge in [-0.3, -0.25) is 4.98 Å². The average molecular weight is 301 g/mol. The Morgan fingerprint density at radius 1 is 1.05 bits per heavy atom. The van der Waals surface area contributed by atoms with E-state index in [0.29, 0.717) is 0 Å². The number of piperazine rings is 1. The van der Waals surface area contributed by atoms with Crippen molar-refractivity contribution in [3.8, 4) is 0 Å². The second-order valence-corrected chi connectivity index (χ2v) is 6.02. The summed E-state index contributed by atoms with van der Waals surface area (Å²) < 4.78 is 2.12. The number of rotatable bonds is 1. The number of likely N-dealkylation sites (N-methyl/N-ethyl adjacent to an activating group) is 1. The van der Waals surface area contributed by atoms with Crippen LogP contribution in [0.1, 0.15) is 0 Å². The molecule has 1 aliphatic rings. The minimum atomic E-state index is 0.745. The number of aromatic nitrogens is 2. The zero-order valence-electron chi connectivity index (χ0n) is 12.0. The first kappa shape index (κ1) is 12.9. The monoisotopic (exact) mass is 300 g/mol. The highest BCUT2D eigenvalue weighted by Crippen LogP contribution is 2.29. The summed E-state index contributed by atoms with van der Waals surface area (Å²) in [5.41, 5.74) is 4.32. The number of benzene rings is 1. The smallest absolute Gasteiger partial charge is 0.110 e. The quantitative estimate of drug-likeness (QED) is 0.690. The SMILES string of the molecule is CN1CCN(c2cccc3c2ncc2c(Cl)ccn23)CC1. The highest BCUT2D eigenvalue weighted by Gasteiger charge is 2.17. The van der Waals surface area contributed by atoms with E-state index in [4.69, 9.17) is 11.6 Å². The molecule has 1 saturated heterocycles. The Hall–Kier alpha value is -1.78. The van der Waals surface area contributed by atoms with Gasteiger partial charge in [-0.25, -0.2) is 0 Å². The molecule has 0 amide bonds. The molecule has 0 saturated carbocycles. The third kappa shape index (κ3) is 2.06. The fourth-order valence-corrected chi connectivity index (χ4v) is 3.23. The van der Waals surface area contributed by atoms with Crippen LogP contribution in [-0.2, 0) is 0 Å². The highest BCUT2D eigenvalue weighted by atomic mass is 35.5. The Morgan fingerprint density at radius 3 is 2.67 bits per heavy atom. The van der Waals surface area contributed by atoms with Gasteiger partial charge >= 0.3 is 0 Å². The Bertz CT molecular complexity index is 802. The molecule has 0 atom stereocenters. The van der Waals surface area contributed by atoms with Gasteiger partial charge in [-0.2, -0.15) is 0 Å². The lowest BCUT2D eigenvalue weighted by molar-refractivity contribution is 0.313. The van der Waals surface area contributed by atoms with Crippen LogP contribution in [0.4, 0.5) is 5.69 Å². The van der Waals surface area contributed by atoms with Crippen LogP contribution >= 0.6 is 11.6 Å². The molecule has 0 unspecified atom stereocenters. The van der Waals surface area contributed by atoms with Gasteiger partial charge in [-0.15, -0.1) is 0 Å². The zero-order chi connectivity index (χ0) is 14.4. The Morgan fingerprint density at radius 2 is 1.86 bits per heavy atom. The van der Waals surface area contributed by atoms with Crippen LogP contribution in [0.2, 0.25) is 5.02 Å². The molecule has 108 valence electrons. The molecule has 5 heteroatoms. The van der Waals surface area contributed by atoms with Gasteiger partial charge in [0.05, 0.1) is 27.9 Å². The minimum absolute atomic E-state index is 0.745. The molecule has 1 fully saturated rings. The molecule has 4 rings (SSSR count). The number of halogens is 1. The fourth-order valence-electron chi connectivity index (χ4n) is 3.03. The molecule has 21 heavy (non-hydrogen) atoms. The third-order valence-corrected chi connectivity index (χ3v) is 4.61. The van der Waals surface area contributed by atoms with Crippen molar-refractivity contribution in [2.75, 3.05) is 38.1 Å². The molecule has 3 heterocycles. The van der Waals surface area contributed by atoms with Gasteiger partial charge in [-0.1, -0.05) is 17.7 Å². The maximum absolute atomic E-state index is 6.20. The topological polar surface area (TPSA) is 23.8 Å². The largest absolute Gasteiger partial charge is 0.367 e. The maximum atomic E-state index is 6.20. The first-order chi connectivity index (χ1) is 10.2. The molecule has 0 N–H and O–H groups in total. The number of hydrogen-bond acceptors (Lipinski definition) is 3. The second kappa shape index (κ2) is 4.90. The molecule has 1 aromatic carbocycles. The fraction of sp³-hybridized carbons (Fsp3) is 0.312. The first-order valence-corrected chi connectivity index (χ1v) is 7.59. The summed E-state index contributed by atoms with van der Waals surface area (Å²) in [5.74, 6) is 0. The van der Waals surface area contributed by atoms with Crippen LogP contribution in [-0.4, -0.2) is 47.5 Å². The molecule has 1 aliphatic heterocycles. The van der Waals surface area contributed by atoms with Crippen LogP contribution in [0.15, 0.2) is 36.7 Å². The van der Waals surface area contributed by atoms with Crippen LogP contribution in [0.3, 0.4) is 0 Å². The predicted molar refractivity (Wildman–Crippen MR) is 87.4 cm³/mol. The Kier molecular flexibility index (Phi) is 3.01. The lowest BCUT2D eigenvalue weighted by Gasteiger charge is -2.34. The van der Waals surface area contributed by atoms with Crippen molar-refractivity contribution in [3.05, 3.63) is 41.7 Å². The summed E-state index contributed by atoms with van der Waals surface area (Å²) in [6.45, 7) is 4.27. The van der Waals surface area contributed by atoms with Crippen LogP contribution in [0, 0.1) is 0 Å². The van der Waals surface area contributed by atoms with Crippen molar-refractivity contribution < 1.29 is 0 Å². The third-order valence-electron chi connectivity index (χ3n) is 4.29.